The Bertz CT molecular complexity index is 673. The molecule has 0 atom stereocenters. The van der Waals surface area contributed by atoms with Crippen LogP contribution >= 0.6 is 0 Å². The number of carboxylic acid groups (broad SMARTS) is 1. The Hall–Kier alpha value is -3.37. The molecule has 0 aromatic heterocycles. The van der Waals surface area contributed by atoms with Crippen LogP contribution in [-0.4, -0.2) is 11.1 Å². The zero-order chi connectivity index (χ0) is 14.4. The molecule has 1 rings (SSSR count). The van der Waals surface area contributed by atoms with E-state index in [-0.39, 0.29) is 11.3 Å². The van der Waals surface area contributed by atoms with Crippen molar-refractivity contribution in [3.05, 3.63) is 40.8 Å². The molecule has 92 valence electrons. The van der Waals surface area contributed by atoms with Crippen molar-refractivity contribution in [1.82, 2.24) is 0 Å². The first-order valence-corrected chi connectivity index (χ1v) is 4.78. The molecule has 2 N–H and O–H groups in total. The smallest absolute Gasteiger partial charge is 0.337 e. The molecule has 1 aromatic carbocycles. The van der Waals surface area contributed by atoms with Crippen molar-refractivity contribution in [2.45, 2.75) is 0 Å². The fourth-order valence-corrected chi connectivity index (χ4v) is 1.22. The lowest BCUT2D eigenvalue weighted by Crippen LogP contribution is -2.07. The minimum Gasteiger partial charge on any atom is -0.478 e. The van der Waals surface area contributed by atoms with Crippen molar-refractivity contribution >= 4 is 11.7 Å². The molecule has 0 radical (unpaired) electrons. The average Bonchev–Trinajstić information content (AvgIpc) is 2.38. The first kappa shape index (κ1) is 13.7. The highest BCUT2D eigenvalue weighted by molar-refractivity contribution is 5.94. The summed E-state index contributed by atoms with van der Waals surface area (Å²) < 4.78 is 13.1. The molecule has 0 spiro atoms. The van der Waals surface area contributed by atoms with Gasteiger partial charge >= 0.3 is 5.97 Å². The summed E-state index contributed by atoms with van der Waals surface area (Å²) in [4.78, 5) is 10.9. The third-order valence-corrected chi connectivity index (χ3v) is 2.06. The summed E-state index contributed by atoms with van der Waals surface area (Å²) in [6, 6.07) is 7.31. The molecule has 0 saturated heterocycles. The fraction of sp³-hybridized carbons (Fsp3) is 0. The van der Waals surface area contributed by atoms with Crippen LogP contribution in [0.5, 0.6) is 0 Å². The number of anilines is 1. The van der Waals surface area contributed by atoms with Crippen LogP contribution in [0.25, 0.3) is 0 Å². The number of hydrogen-bond donors (Lipinski definition) is 2. The van der Waals surface area contributed by atoms with E-state index >= 15 is 0 Å². The zero-order valence-electron chi connectivity index (χ0n) is 9.31. The van der Waals surface area contributed by atoms with Crippen LogP contribution in [-0.2, 0) is 0 Å². The van der Waals surface area contributed by atoms with E-state index in [0.29, 0.717) is 0 Å². The van der Waals surface area contributed by atoms with Crippen molar-refractivity contribution in [2.24, 2.45) is 0 Å². The molecular weight excluding hydrogens is 251 g/mol. The molecule has 0 aliphatic heterocycles. The molecule has 0 saturated carbocycles. The van der Waals surface area contributed by atoms with Crippen LogP contribution in [0.1, 0.15) is 10.4 Å². The number of carboxylic acids is 1. The highest BCUT2D eigenvalue weighted by Gasteiger charge is 2.14. The van der Waals surface area contributed by atoms with Crippen LogP contribution in [0, 0.1) is 39.8 Å². The third kappa shape index (κ3) is 3.06. The lowest BCUT2D eigenvalue weighted by Gasteiger charge is -2.08. The van der Waals surface area contributed by atoms with Gasteiger partial charge in [-0.05, 0) is 18.2 Å². The predicted octanol–water partition coefficient (Wildman–Crippen LogP) is 1.76. The Kier molecular flexibility index (Phi) is 4.19. The second-order valence-electron chi connectivity index (χ2n) is 3.21. The number of allylic oxidation sites excluding steroid dienone is 2. The molecule has 0 fully saturated rings. The fourth-order valence-electron chi connectivity index (χ4n) is 1.22. The summed E-state index contributed by atoms with van der Waals surface area (Å²) in [5.74, 6) is -2.06. The van der Waals surface area contributed by atoms with Crippen LogP contribution in [0.15, 0.2) is 29.5 Å². The number of carbonyl (C=O) groups is 1. The maximum absolute atomic E-state index is 13.1. The predicted molar refractivity (Wildman–Crippen MR) is 60.8 cm³/mol. The number of rotatable bonds is 3. The standard InChI is InChI=1S/C12H5FN4O2/c13-8-1-2-9(12(18)19)10(3-8)17-11(6-16)7(4-14)5-15/h1-3,17H,(H,18,19). The van der Waals surface area contributed by atoms with Gasteiger partial charge in [0.2, 0.25) is 0 Å². The van der Waals surface area contributed by atoms with Gasteiger partial charge in [-0.25, -0.2) is 9.18 Å². The van der Waals surface area contributed by atoms with E-state index < -0.39 is 23.1 Å². The molecule has 0 unspecified atom stereocenters. The topological polar surface area (TPSA) is 121 Å². The zero-order valence-corrected chi connectivity index (χ0v) is 9.31. The molecule has 0 heterocycles. The maximum atomic E-state index is 13.1. The summed E-state index contributed by atoms with van der Waals surface area (Å²) in [5.41, 5.74) is -1.47. The van der Waals surface area contributed by atoms with E-state index in [9.17, 15) is 9.18 Å². The monoisotopic (exact) mass is 256 g/mol. The summed E-state index contributed by atoms with van der Waals surface area (Å²) in [6.45, 7) is 0. The minimum atomic E-state index is -1.34. The van der Waals surface area contributed by atoms with Crippen LogP contribution in [0.2, 0.25) is 0 Å². The van der Waals surface area contributed by atoms with Crippen molar-refractivity contribution in [2.75, 3.05) is 5.32 Å². The van der Waals surface area contributed by atoms with E-state index in [1.807, 2.05) is 0 Å². The lowest BCUT2D eigenvalue weighted by molar-refractivity contribution is 0.0698. The largest absolute Gasteiger partial charge is 0.478 e. The lowest BCUT2D eigenvalue weighted by atomic mass is 10.1. The number of nitriles is 3. The van der Waals surface area contributed by atoms with Gasteiger partial charge in [-0.3, -0.25) is 0 Å². The van der Waals surface area contributed by atoms with E-state index in [4.69, 9.17) is 20.9 Å². The minimum absolute atomic E-state index is 0.216. The third-order valence-electron chi connectivity index (χ3n) is 2.06. The Labute approximate surface area is 107 Å². The number of aromatic carboxylic acids is 1. The van der Waals surface area contributed by atoms with Gasteiger partial charge in [0.25, 0.3) is 0 Å². The first-order valence-electron chi connectivity index (χ1n) is 4.78. The molecule has 0 aliphatic carbocycles. The summed E-state index contributed by atoms with van der Waals surface area (Å²) in [5, 5.41) is 37.2. The van der Waals surface area contributed by atoms with Crippen molar-refractivity contribution < 1.29 is 14.3 Å². The number of nitrogens with one attached hydrogen (secondary N) is 1. The maximum Gasteiger partial charge on any atom is 0.337 e. The number of halogens is 1. The van der Waals surface area contributed by atoms with Gasteiger partial charge in [0.05, 0.1) is 11.3 Å². The number of hydrogen-bond acceptors (Lipinski definition) is 5. The molecule has 7 heteroatoms. The normalized spacial score (nSPS) is 8.53. The van der Waals surface area contributed by atoms with Crippen LogP contribution in [0.4, 0.5) is 10.1 Å². The molecule has 19 heavy (non-hydrogen) atoms. The Morgan fingerprint density at radius 2 is 1.84 bits per heavy atom. The second-order valence-corrected chi connectivity index (χ2v) is 3.21. The molecule has 0 bridgehead atoms. The number of benzene rings is 1. The average molecular weight is 256 g/mol. The van der Waals surface area contributed by atoms with Crippen LogP contribution < -0.4 is 5.32 Å². The molecule has 0 aliphatic rings. The van der Waals surface area contributed by atoms with E-state index in [2.05, 4.69) is 5.32 Å². The summed E-state index contributed by atoms with van der Waals surface area (Å²) in [6.07, 6.45) is 0. The van der Waals surface area contributed by atoms with Gasteiger partial charge in [0.1, 0.15) is 29.7 Å². The van der Waals surface area contributed by atoms with E-state index in [0.717, 1.165) is 18.2 Å². The summed E-state index contributed by atoms with van der Waals surface area (Å²) in [7, 11) is 0. The highest BCUT2D eigenvalue weighted by atomic mass is 19.1. The quantitative estimate of drug-likeness (QED) is 0.794. The van der Waals surface area contributed by atoms with Crippen LogP contribution in [0.3, 0.4) is 0 Å². The van der Waals surface area contributed by atoms with Crippen molar-refractivity contribution in [3.63, 3.8) is 0 Å². The van der Waals surface area contributed by atoms with E-state index in [1.54, 1.807) is 6.07 Å². The first-order chi connectivity index (χ1) is 9.03. The summed E-state index contributed by atoms with van der Waals surface area (Å²) >= 11 is 0. The molecular formula is C12H5FN4O2. The van der Waals surface area contributed by atoms with Gasteiger partial charge in [0, 0.05) is 0 Å². The van der Waals surface area contributed by atoms with Crippen molar-refractivity contribution in [1.29, 1.82) is 15.8 Å². The van der Waals surface area contributed by atoms with Gasteiger partial charge in [-0.2, -0.15) is 15.8 Å². The Morgan fingerprint density at radius 3 is 2.32 bits per heavy atom. The van der Waals surface area contributed by atoms with Gasteiger partial charge in [-0.1, -0.05) is 0 Å². The Morgan fingerprint density at radius 1 is 1.21 bits per heavy atom. The van der Waals surface area contributed by atoms with Gasteiger partial charge in [0.15, 0.2) is 5.57 Å². The molecule has 6 nitrogen and oxygen atoms in total. The highest BCUT2D eigenvalue weighted by Crippen LogP contribution is 2.20. The van der Waals surface area contributed by atoms with Gasteiger partial charge < -0.3 is 10.4 Å². The van der Waals surface area contributed by atoms with Crippen molar-refractivity contribution in [3.8, 4) is 18.2 Å². The molecule has 0 amide bonds. The SMILES string of the molecule is N#CC(C#N)=C(C#N)Nc1cc(F)ccc1C(=O)O. The van der Waals surface area contributed by atoms with Gasteiger partial charge in [-0.15, -0.1) is 0 Å². The molecule has 1 aromatic rings. The second kappa shape index (κ2) is 5.81. The number of nitrogens with zero attached hydrogens (tertiary/aromatic N) is 3. The van der Waals surface area contributed by atoms with E-state index in [1.165, 1.54) is 12.1 Å². The Balaban J connectivity index is 3.35.